The number of amides is 3. The van der Waals surface area contributed by atoms with Gasteiger partial charge >= 0.3 is 6.03 Å². The van der Waals surface area contributed by atoms with Gasteiger partial charge in [0.2, 0.25) is 5.88 Å². The minimum Gasteiger partial charge on any atom is -0.438 e. The minimum absolute atomic E-state index is 0.0173. The maximum absolute atomic E-state index is 13.7. The highest BCUT2D eigenvalue weighted by molar-refractivity contribution is 7.85. The Kier molecular flexibility index (Phi) is 8.12. The van der Waals surface area contributed by atoms with Crippen LogP contribution < -0.4 is 15.4 Å². The maximum Gasteiger partial charge on any atom is 0.326 e. The first-order chi connectivity index (χ1) is 17.7. The van der Waals surface area contributed by atoms with Crippen LogP contribution in [0.3, 0.4) is 0 Å². The van der Waals surface area contributed by atoms with Gasteiger partial charge in [0.15, 0.2) is 0 Å². The van der Waals surface area contributed by atoms with Crippen LogP contribution in [-0.4, -0.2) is 21.1 Å². The number of hydrogen-bond acceptors (Lipinski definition) is 5. The normalized spacial score (nSPS) is 11.5. The fraction of sp³-hybridized carbons (Fsp3) is 0. The third-order valence-electron chi connectivity index (χ3n) is 4.76. The van der Waals surface area contributed by atoms with Gasteiger partial charge in [0.25, 0.3) is 5.91 Å². The second-order valence-corrected chi connectivity index (χ2v) is 9.64. The second-order valence-electron chi connectivity index (χ2n) is 7.31. The van der Waals surface area contributed by atoms with Crippen molar-refractivity contribution < 1.29 is 27.3 Å². The third kappa shape index (κ3) is 6.48. The number of nitrogens with one attached hydrogen (secondary N) is 2. The van der Waals surface area contributed by atoms with Crippen LogP contribution in [0.2, 0.25) is 10.0 Å². The third-order valence-corrected chi connectivity index (χ3v) is 6.69. The Morgan fingerprint density at radius 1 is 0.892 bits per heavy atom. The first-order valence-electron chi connectivity index (χ1n) is 10.4. The van der Waals surface area contributed by atoms with Gasteiger partial charge in [-0.3, -0.25) is 10.1 Å². The zero-order valence-corrected chi connectivity index (χ0v) is 20.8. The SMILES string of the molecule is O=C(NC(=O)c1c(F)cccc1F)Nc1cnc(Oc2ccc(S(=O)c3ccc(Cl)cc3)cc2)c(Cl)c1. The monoisotopic (exact) mass is 561 g/mol. The number of ether oxygens (including phenoxy) is 1. The van der Waals surface area contributed by atoms with E-state index >= 15 is 0 Å². The van der Waals surface area contributed by atoms with Crippen molar-refractivity contribution in [2.45, 2.75) is 9.79 Å². The molecule has 188 valence electrons. The fourth-order valence-electron chi connectivity index (χ4n) is 3.05. The number of pyridine rings is 1. The van der Waals surface area contributed by atoms with Crippen molar-refractivity contribution in [3.05, 3.63) is 106 Å². The highest BCUT2D eigenvalue weighted by Crippen LogP contribution is 2.30. The summed E-state index contributed by atoms with van der Waals surface area (Å²) in [5.41, 5.74) is -0.800. The molecule has 1 aromatic heterocycles. The molecule has 0 aliphatic heterocycles. The van der Waals surface area contributed by atoms with E-state index in [0.29, 0.717) is 20.6 Å². The molecule has 12 heteroatoms. The van der Waals surface area contributed by atoms with Crippen LogP contribution in [-0.2, 0) is 10.8 Å². The average molecular weight is 562 g/mol. The number of imide groups is 1. The van der Waals surface area contributed by atoms with Crippen LogP contribution in [0.4, 0.5) is 19.3 Å². The molecule has 1 atom stereocenters. The Morgan fingerprint density at radius 3 is 2.08 bits per heavy atom. The van der Waals surface area contributed by atoms with E-state index in [4.69, 9.17) is 27.9 Å². The zero-order chi connectivity index (χ0) is 26.5. The lowest BCUT2D eigenvalue weighted by molar-refractivity contribution is 0.0959. The Balaban J connectivity index is 1.38. The van der Waals surface area contributed by atoms with Gasteiger partial charge in [-0.15, -0.1) is 0 Å². The van der Waals surface area contributed by atoms with Gasteiger partial charge in [0, 0.05) is 14.8 Å². The zero-order valence-electron chi connectivity index (χ0n) is 18.5. The predicted octanol–water partition coefficient (Wildman–Crippen LogP) is 6.59. The van der Waals surface area contributed by atoms with Gasteiger partial charge in [-0.25, -0.2) is 22.8 Å². The molecule has 0 aliphatic rings. The average Bonchev–Trinajstić information content (AvgIpc) is 2.86. The standard InChI is InChI=1S/C25H15Cl2F2N3O4S/c26-14-4-8-17(9-5-14)37(35)18-10-6-16(7-11-18)36-24-19(27)12-15(13-30-24)31-25(34)32-23(33)22-20(28)2-1-3-21(22)29/h1-13H,(H2,31,32,33,34). The molecule has 0 fully saturated rings. The molecule has 0 saturated carbocycles. The smallest absolute Gasteiger partial charge is 0.326 e. The van der Waals surface area contributed by atoms with Crippen LogP contribution in [0.15, 0.2) is 88.8 Å². The van der Waals surface area contributed by atoms with Gasteiger partial charge in [-0.2, -0.15) is 0 Å². The van der Waals surface area contributed by atoms with E-state index in [-0.39, 0.29) is 16.6 Å². The minimum atomic E-state index is -1.41. The van der Waals surface area contributed by atoms with Crippen LogP contribution in [0, 0.1) is 11.6 Å². The highest BCUT2D eigenvalue weighted by atomic mass is 35.5. The van der Waals surface area contributed by atoms with E-state index in [2.05, 4.69) is 10.3 Å². The van der Waals surface area contributed by atoms with Crippen molar-refractivity contribution in [1.82, 2.24) is 10.3 Å². The fourth-order valence-corrected chi connectivity index (χ4v) is 4.42. The summed E-state index contributed by atoms with van der Waals surface area (Å²) in [6.45, 7) is 0. The number of carbonyl (C=O) groups excluding carboxylic acids is 2. The summed E-state index contributed by atoms with van der Waals surface area (Å²) in [5.74, 6) is -3.10. The maximum atomic E-state index is 13.7. The van der Waals surface area contributed by atoms with Gasteiger partial charge in [-0.05, 0) is 66.7 Å². The van der Waals surface area contributed by atoms with E-state index in [9.17, 15) is 22.6 Å². The topological polar surface area (TPSA) is 97.4 Å². The van der Waals surface area contributed by atoms with Gasteiger partial charge < -0.3 is 10.1 Å². The summed E-state index contributed by atoms with van der Waals surface area (Å²) < 4.78 is 45.8. The summed E-state index contributed by atoms with van der Waals surface area (Å²) in [6.07, 6.45) is 1.21. The summed E-state index contributed by atoms with van der Waals surface area (Å²) >= 11 is 12.1. The molecule has 1 heterocycles. The van der Waals surface area contributed by atoms with Gasteiger partial charge in [-0.1, -0.05) is 29.3 Å². The molecule has 7 nitrogen and oxygen atoms in total. The molecule has 2 N–H and O–H groups in total. The summed E-state index contributed by atoms with van der Waals surface area (Å²) in [6, 6.07) is 16.2. The molecule has 0 aliphatic carbocycles. The Morgan fingerprint density at radius 2 is 1.49 bits per heavy atom. The lowest BCUT2D eigenvalue weighted by Gasteiger charge is -2.10. The lowest BCUT2D eigenvalue weighted by atomic mass is 10.2. The first kappa shape index (κ1) is 26.2. The molecule has 0 spiro atoms. The quantitative estimate of drug-likeness (QED) is 0.277. The van der Waals surface area contributed by atoms with Crippen molar-refractivity contribution in [1.29, 1.82) is 0 Å². The molecule has 0 radical (unpaired) electrons. The molecule has 0 bridgehead atoms. The highest BCUT2D eigenvalue weighted by Gasteiger charge is 2.19. The number of hydrogen-bond donors (Lipinski definition) is 2. The molecule has 1 unspecified atom stereocenters. The van der Waals surface area contributed by atoms with Crippen molar-refractivity contribution in [2.24, 2.45) is 0 Å². The van der Waals surface area contributed by atoms with E-state index in [1.54, 1.807) is 48.5 Å². The van der Waals surface area contributed by atoms with Crippen LogP contribution >= 0.6 is 23.2 Å². The van der Waals surface area contributed by atoms with Crippen LogP contribution in [0.1, 0.15) is 10.4 Å². The summed E-state index contributed by atoms with van der Waals surface area (Å²) in [7, 11) is -1.41. The number of nitrogens with zero attached hydrogens (tertiary/aromatic N) is 1. The number of benzene rings is 3. The number of anilines is 1. The Hall–Kier alpha value is -3.86. The number of urea groups is 1. The van der Waals surface area contributed by atoms with E-state index in [0.717, 1.165) is 18.2 Å². The molecular formula is C25H15Cl2F2N3O4S. The molecule has 4 rings (SSSR count). The van der Waals surface area contributed by atoms with Gasteiger partial charge in [0.05, 0.1) is 22.7 Å². The summed E-state index contributed by atoms with van der Waals surface area (Å²) in [4.78, 5) is 29.3. The number of carbonyl (C=O) groups is 2. The molecule has 3 aromatic carbocycles. The number of rotatable bonds is 6. The van der Waals surface area contributed by atoms with Crippen molar-refractivity contribution in [2.75, 3.05) is 5.32 Å². The molecule has 0 saturated heterocycles. The lowest BCUT2D eigenvalue weighted by Crippen LogP contribution is -2.35. The number of aromatic nitrogens is 1. The molecular weight excluding hydrogens is 547 g/mol. The van der Waals surface area contributed by atoms with Crippen LogP contribution in [0.25, 0.3) is 0 Å². The first-order valence-corrected chi connectivity index (χ1v) is 12.3. The summed E-state index contributed by atoms with van der Waals surface area (Å²) in [5, 5.41) is 4.69. The Bertz CT molecular complexity index is 1480. The van der Waals surface area contributed by atoms with Gasteiger partial charge in [0.1, 0.15) is 28.0 Å². The number of halogens is 4. The second kappa shape index (κ2) is 11.5. The van der Waals surface area contributed by atoms with E-state index in [1.165, 1.54) is 12.3 Å². The Labute approximate surface area is 221 Å². The van der Waals surface area contributed by atoms with E-state index < -0.39 is 39.9 Å². The largest absolute Gasteiger partial charge is 0.438 e. The predicted molar refractivity (Wildman–Crippen MR) is 135 cm³/mol. The van der Waals surface area contributed by atoms with Crippen molar-refractivity contribution in [3.8, 4) is 11.6 Å². The van der Waals surface area contributed by atoms with E-state index in [1.807, 2.05) is 5.32 Å². The molecule has 37 heavy (non-hydrogen) atoms. The molecule has 3 amide bonds. The molecule has 4 aromatic rings. The van der Waals surface area contributed by atoms with Crippen LogP contribution in [0.5, 0.6) is 11.6 Å². The van der Waals surface area contributed by atoms with Crippen molar-refractivity contribution >= 4 is 51.6 Å². The van der Waals surface area contributed by atoms with Crippen molar-refractivity contribution in [3.63, 3.8) is 0 Å².